The number of carbonyl (C=O) groups excluding carboxylic acids is 3. The van der Waals surface area contributed by atoms with Crippen LogP contribution in [-0.2, 0) is 14.3 Å². The van der Waals surface area contributed by atoms with E-state index in [0.717, 1.165) is 44.5 Å². The van der Waals surface area contributed by atoms with Gasteiger partial charge in [0.15, 0.2) is 0 Å². The van der Waals surface area contributed by atoms with Gasteiger partial charge >= 0.3 is 6.09 Å². The first kappa shape index (κ1) is 19.5. The molecule has 3 N–H and O–H groups in total. The predicted molar refractivity (Wildman–Crippen MR) is 99.5 cm³/mol. The average molecular weight is 384 g/mol. The van der Waals surface area contributed by atoms with Gasteiger partial charge in [0.25, 0.3) is 0 Å². The zero-order valence-corrected chi connectivity index (χ0v) is 16.1. The Kier molecular flexibility index (Phi) is 6.80. The first-order chi connectivity index (χ1) is 12.6. The lowest BCUT2D eigenvalue weighted by Crippen LogP contribution is -2.48. The third-order valence-electron chi connectivity index (χ3n) is 5.82. The molecule has 146 valence electrons. The number of hydrogen-bond donors (Lipinski definition) is 3. The van der Waals surface area contributed by atoms with Crippen molar-refractivity contribution in [1.29, 1.82) is 0 Å². The van der Waals surface area contributed by atoms with Gasteiger partial charge in [-0.05, 0) is 69.7 Å². The number of fused-ring (bicyclic) bond motifs is 1. The number of imide groups is 1. The molecule has 0 aromatic carbocycles. The fourth-order valence-corrected chi connectivity index (χ4v) is 5.72. The Morgan fingerprint density at radius 2 is 1.96 bits per heavy atom. The molecule has 8 heteroatoms. The summed E-state index contributed by atoms with van der Waals surface area (Å²) >= 11 is 1.58. The van der Waals surface area contributed by atoms with Crippen molar-refractivity contribution in [3.05, 3.63) is 0 Å². The van der Waals surface area contributed by atoms with Crippen LogP contribution in [0.4, 0.5) is 4.79 Å². The number of rotatable bonds is 4. The molecule has 2 saturated heterocycles. The summed E-state index contributed by atoms with van der Waals surface area (Å²) in [5.74, 6) is 1.51. The lowest BCUT2D eigenvalue weighted by atomic mass is 9.71. The number of ether oxygens (including phenoxy) is 1. The van der Waals surface area contributed by atoms with Crippen molar-refractivity contribution in [3.8, 4) is 0 Å². The Bertz CT molecular complexity index is 545. The highest BCUT2D eigenvalue weighted by atomic mass is 32.2. The van der Waals surface area contributed by atoms with E-state index in [4.69, 9.17) is 4.74 Å². The minimum absolute atomic E-state index is 0.0457. The Balaban J connectivity index is 1.51. The van der Waals surface area contributed by atoms with Gasteiger partial charge in [-0.3, -0.25) is 14.9 Å². The van der Waals surface area contributed by atoms with E-state index in [0.29, 0.717) is 18.3 Å². The molecule has 2 aliphatic heterocycles. The summed E-state index contributed by atoms with van der Waals surface area (Å²) in [7, 11) is 0. The molecule has 3 fully saturated rings. The lowest BCUT2D eigenvalue weighted by Gasteiger charge is -2.39. The number of hydrogen-bond acceptors (Lipinski definition) is 6. The Morgan fingerprint density at radius 3 is 2.77 bits per heavy atom. The zero-order valence-electron chi connectivity index (χ0n) is 15.3. The van der Waals surface area contributed by atoms with Crippen molar-refractivity contribution >= 4 is 29.7 Å². The van der Waals surface area contributed by atoms with E-state index in [1.807, 2.05) is 0 Å². The van der Waals surface area contributed by atoms with E-state index in [2.05, 4.69) is 16.0 Å². The molecule has 3 amide bonds. The highest BCUT2D eigenvalue weighted by Gasteiger charge is 2.39. The molecule has 1 saturated carbocycles. The zero-order chi connectivity index (χ0) is 18.5. The van der Waals surface area contributed by atoms with Crippen LogP contribution in [0.3, 0.4) is 0 Å². The van der Waals surface area contributed by atoms with Crippen LogP contribution in [0.2, 0.25) is 0 Å². The standard InChI is InChI=1S/C18H29N3O4S/c1-2-25-18(24)21-16(23)14-6-8-26-17(14)20-15(22)12-3-4-13-10-19-7-5-11(13)9-12/h11-14,17,19H,2-10H2,1H3,(H,20,22)(H,21,23,24). The molecular weight excluding hydrogens is 354 g/mol. The fraction of sp³-hybridized carbons (Fsp3) is 0.833. The number of piperidine rings is 1. The third-order valence-corrected chi connectivity index (χ3v) is 7.10. The molecule has 0 radical (unpaired) electrons. The van der Waals surface area contributed by atoms with E-state index < -0.39 is 6.09 Å². The lowest BCUT2D eigenvalue weighted by molar-refractivity contribution is -0.128. The van der Waals surface area contributed by atoms with Gasteiger partial charge in [0.05, 0.1) is 17.9 Å². The topological polar surface area (TPSA) is 96.5 Å². The van der Waals surface area contributed by atoms with Crippen molar-refractivity contribution in [1.82, 2.24) is 16.0 Å². The summed E-state index contributed by atoms with van der Waals surface area (Å²) in [6.07, 6.45) is 4.06. The van der Waals surface area contributed by atoms with Crippen LogP contribution in [0, 0.1) is 23.7 Å². The summed E-state index contributed by atoms with van der Waals surface area (Å²) in [5, 5.41) is 8.53. The maximum atomic E-state index is 12.8. The van der Waals surface area contributed by atoms with Gasteiger partial charge in [-0.15, -0.1) is 11.8 Å². The Labute approximate surface area is 158 Å². The molecule has 26 heavy (non-hydrogen) atoms. The third kappa shape index (κ3) is 4.71. The molecule has 3 rings (SSSR count). The molecule has 0 bridgehead atoms. The van der Waals surface area contributed by atoms with Crippen molar-refractivity contribution in [2.45, 2.75) is 44.4 Å². The summed E-state index contributed by atoms with van der Waals surface area (Å²) < 4.78 is 4.76. The SMILES string of the molecule is CCOC(=O)NC(=O)C1CCSC1NC(=O)C1CCC2CNCCC2C1. The van der Waals surface area contributed by atoms with Gasteiger partial charge in [-0.25, -0.2) is 4.79 Å². The number of thioether (sulfide) groups is 1. The van der Waals surface area contributed by atoms with Crippen LogP contribution < -0.4 is 16.0 Å². The Morgan fingerprint density at radius 1 is 1.12 bits per heavy atom. The molecule has 5 atom stereocenters. The average Bonchev–Trinajstić information content (AvgIpc) is 3.09. The van der Waals surface area contributed by atoms with Gasteiger partial charge in [-0.1, -0.05) is 0 Å². The highest BCUT2D eigenvalue weighted by Crippen LogP contribution is 2.38. The second kappa shape index (κ2) is 9.08. The van der Waals surface area contributed by atoms with E-state index >= 15 is 0 Å². The number of amides is 3. The van der Waals surface area contributed by atoms with Crippen LogP contribution in [0.15, 0.2) is 0 Å². The number of alkyl carbamates (subject to hydrolysis) is 1. The molecule has 1 aliphatic carbocycles. The molecule has 0 aromatic heterocycles. The first-order valence-corrected chi connectivity index (χ1v) is 10.7. The van der Waals surface area contributed by atoms with Gasteiger partial charge in [0, 0.05) is 5.92 Å². The summed E-state index contributed by atoms with van der Waals surface area (Å²) in [6.45, 7) is 4.03. The van der Waals surface area contributed by atoms with Gasteiger partial charge in [0.1, 0.15) is 0 Å². The number of nitrogens with one attached hydrogen (secondary N) is 3. The Hall–Kier alpha value is -1.28. The van der Waals surface area contributed by atoms with Crippen molar-refractivity contribution in [2.75, 3.05) is 25.4 Å². The minimum atomic E-state index is -0.719. The molecule has 5 unspecified atom stereocenters. The fourth-order valence-electron chi connectivity index (χ4n) is 4.38. The van der Waals surface area contributed by atoms with Crippen molar-refractivity contribution in [2.24, 2.45) is 23.7 Å². The van der Waals surface area contributed by atoms with E-state index in [-0.39, 0.29) is 35.6 Å². The van der Waals surface area contributed by atoms with Crippen LogP contribution >= 0.6 is 11.8 Å². The molecule has 3 aliphatic rings. The van der Waals surface area contributed by atoms with Crippen LogP contribution in [-0.4, -0.2) is 48.7 Å². The minimum Gasteiger partial charge on any atom is -0.450 e. The van der Waals surface area contributed by atoms with E-state index in [9.17, 15) is 14.4 Å². The number of carbonyl (C=O) groups is 3. The highest BCUT2D eigenvalue weighted by molar-refractivity contribution is 8.00. The van der Waals surface area contributed by atoms with Crippen LogP contribution in [0.25, 0.3) is 0 Å². The predicted octanol–water partition coefficient (Wildman–Crippen LogP) is 1.48. The quantitative estimate of drug-likeness (QED) is 0.680. The second-order valence-corrected chi connectivity index (χ2v) is 8.68. The summed E-state index contributed by atoms with van der Waals surface area (Å²) in [5.41, 5.74) is 0. The van der Waals surface area contributed by atoms with Gasteiger partial charge in [0.2, 0.25) is 11.8 Å². The van der Waals surface area contributed by atoms with E-state index in [1.54, 1.807) is 18.7 Å². The van der Waals surface area contributed by atoms with Crippen molar-refractivity contribution in [3.63, 3.8) is 0 Å². The molecule has 7 nitrogen and oxygen atoms in total. The van der Waals surface area contributed by atoms with E-state index in [1.165, 1.54) is 0 Å². The monoisotopic (exact) mass is 383 g/mol. The van der Waals surface area contributed by atoms with Crippen LogP contribution in [0.1, 0.15) is 39.0 Å². The smallest absolute Gasteiger partial charge is 0.413 e. The van der Waals surface area contributed by atoms with Crippen LogP contribution in [0.5, 0.6) is 0 Å². The second-order valence-electron chi connectivity index (χ2n) is 7.43. The normalized spacial score (nSPS) is 33.8. The van der Waals surface area contributed by atoms with Gasteiger partial charge in [-0.2, -0.15) is 0 Å². The maximum absolute atomic E-state index is 12.8. The molecule has 0 spiro atoms. The van der Waals surface area contributed by atoms with Crippen molar-refractivity contribution < 1.29 is 19.1 Å². The molecule has 2 heterocycles. The molecule has 0 aromatic rings. The van der Waals surface area contributed by atoms with Gasteiger partial charge < -0.3 is 15.4 Å². The summed E-state index contributed by atoms with van der Waals surface area (Å²) in [6, 6.07) is 0. The molecular formula is C18H29N3O4S. The largest absolute Gasteiger partial charge is 0.450 e. The maximum Gasteiger partial charge on any atom is 0.413 e. The first-order valence-electron chi connectivity index (χ1n) is 9.68. The summed E-state index contributed by atoms with van der Waals surface area (Å²) in [4.78, 5) is 36.5.